The largest absolute Gasteiger partial charge is 0.238 e. The Balaban J connectivity index is 2.66. The zero-order valence-corrected chi connectivity index (χ0v) is 29.2. The Morgan fingerprint density at radius 2 is 0.643 bits per heavy atom. The van der Waals surface area contributed by atoms with Gasteiger partial charge in [-0.15, -0.1) is 0 Å². The minimum atomic E-state index is 0.895. The number of unbranched alkanes of at least 4 members (excludes halogenated alkanes) is 24. The molecule has 245 valence electrons. The number of aryl methyl sites for hydroxylation is 3. The highest BCUT2D eigenvalue weighted by atomic mass is 14.9. The molecule has 0 bridgehead atoms. The average Bonchev–Trinajstić information content (AvgIpc) is 2.99. The summed E-state index contributed by atoms with van der Waals surface area (Å²) in [5.74, 6) is 1.07. The third-order valence-electron chi connectivity index (χ3n) is 9.19. The summed E-state index contributed by atoms with van der Waals surface area (Å²) in [7, 11) is 0. The normalized spacial score (nSPS) is 11.5. The van der Waals surface area contributed by atoms with Crippen molar-refractivity contribution in [2.24, 2.45) is 0 Å². The van der Waals surface area contributed by atoms with Gasteiger partial charge in [0.2, 0.25) is 0 Å². The Morgan fingerprint density at radius 3 is 0.952 bits per heavy atom. The van der Waals surface area contributed by atoms with Crippen molar-refractivity contribution in [1.29, 1.82) is 0 Å². The second-order valence-corrected chi connectivity index (χ2v) is 13.4. The van der Waals surface area contributed by atoms with Gasteiger partial charge in [0.05, 0.1) is 0 Å². The molecule has 1 radical (unpaired) electrons. The lowest BCUT2D eigenvalue weighted by Crippen LogP contribution is -2.11. The van der Waals surface area contributed by atoms with Gasteiger partial charge < -0.3 is 0 Å². The van der Waals surface area contributed by atoms with Crippen molar-refractivity contribution < 1.29 is 0 Å². The molecule has 1 heterocycles. The van der Waals surface area contributed by atoms with Gasteiger partial charge in [-0.05, 0) is 50.5 Å². The monoisotopic (exact) mass is 584 g/mol. The van der Waals surface area contributed by atoms with Crippen LogP contribution in [0.3, 0.4) is 0 Å². The van der Waals surface area contributed by atoms with Gasteiger partial charge in [0.1, 0.15) is 5.82 Å². The van der Waals surface area contributed by atoms with Crippen molar-refractivity contribution in [3.8, 4) is 0 Å². The molecule has 1 aromatic rings. The molecule has 2 nitrogen and oxygen atoms in total. The molecule has 0 spiro atoms. The molecule has 0 fully saturated rings. The van der Waals surface area contributed by atoms with E-state index in [-0.39, 0.29) is 0 Å². The highest BCUT2D eigenvalue weighted by Crippen LogP contribution is 2.22. The molecule has 42 heavy (non-hydrogen) atoms. The molecule has 0 unspecified atom stereocenters. The van der Waals surface area contributed by atoms with Gasteiger partial charge in [-0.3, -0.25) is 0 Å². The van der Waals surface area contributed by atoms with Crippen LogP contribution in [0.4, 0.5) is 0 Å². The van der Waals surface area contributed by atoms with Crippen LogP contribution in [0, 0.1) is 6.92 Å². The summed E-state index contributed by atoms with van der Waals surface area (Å²) in [6, 6.07) is 0. The molecule has 0 atom stereocenters. The lowest BCUT2D eigenvalue weighted by Gasteiger charge is -2.16. The Labute approximate surface area is 265 Å². The quantitative estimate of drug-likeness (QED) is 0.0788. The predicted octanol–water partition coefficient (Wildman–Crippen LogP) is 13.5. The highest BCUT2D eigenvalue weighted by molar-refractivity contribution is 5.27. The van der Waals surface area contributed by atoms with Crippen molar-refractivity contribution in [2.45, 2.75) is 226 Å². The zero-order chi connectivity index (χ0) is 30.4. The van der Waals surface area contributed by atoms with E-state index < -0.39 is 0 Å². The fourth-order valence-electron chi connectivity index (χ4n) is 6.43. The average molecular weight is 584 g/mol. The minimum absolute atomic E-state index is 0.895. The summed E-state index contributed by atoms with van der Waals surface area (Å²) >= 11 is 0. The first-order valence-corrected chi connectivity index (χ1v) is 19.4. The lowest BCUT2D eigenvalue weighted by molar-refractivity contribution is 0.553. The molecule has 0 amide bonds. The Morgan fingerprint density at radius 1 is 0.357 bits per heavy atom. The van der Waals surface area contributed by atoms with E-state index in [0.717, 1.165) is 31.5 Å². The first-order valence-electron chi connectivity index (χ1n) is 19.4. The van der Waals surface area contributed by atoms with Gasteiger partial charge in [0.25, 0.3) is 0 Å². The van der Waals surface area contributed by atoms with E-state index in [1.165, 1.54) is 191 Å². The fraction of sp³-hybridized carbons (Fsp3) is 0.875. The van der Waals surface area contributed by atoms with Crippen molar-refractivity contribution in [2.75, 3.05) is 0 Å². The number of rotatable bonds is 32. The highest BCUT2D eigenvalue weighted by Gasteiger charge is 2.14. The maximum Gasteiger partial charge on any atom is 0.128 e. The van der Waals surface area contributed by atoms with E-state index in [9.17, 15) is 0 Å². The minimum Gasteiger partial charge on any atom is -0.238 e. The van der Waals surface area contributed by atoms with Crippen LogP contribution < -0.4 is 0 Å². The van der Waals surface area contributed by atoms with Crippen LogP contribution in [0.2, 0.25) is 0 Å². The summed E-state index contributed by atoms with van der Waals surface area (Å²) in [5, 5.41) is 0. The van der Waals surface area contributed by atoms with Crippen LogP contribution in [0.25, 0.3) is 0 Å². The maximum absolute atomic E-state index is 5.19. The van der Waals surface area contributed by atoms with Gasteiger partial charge in [-0.1, -0.05) is 182 Å². The molecule has 0 aliphatic heterocycles. The molecule has 0 saturated heterocycles. The second-order valence-electron chi connectivity index (χ2n) is 13.4. The standard InChI is InChI=1S/C40H75N2/c1-5-9-12-15-18-21-24-27-30-34-37-38(35-31-28-25-22-19-16-13-10-6-2)41-40(33-8-4)42-39(37)36-32-29-26-23-20-17-14-11-7-3/h4-36H2,1-3H3. The van der Waals surface area contributed by atoms with E-state index in [2.05, 4.69) is 27.7 Å². The lowest BCUT2D eigenvalue weighted by atomic mass is 9.96. The van der Waals surface area contributed by atoms with Gasteiger partial charge in [0, 0.05) is 17.8 Å². The second kappa shape index (κ2) is 30.1. The van der Waals surface area contributed by atoms with Gasteiger partial charge in [-0.25, -0.2) is 9.97 Å². The molecule has 2 heteroatoms. The summed E-state index contributed by atoms with van der Waals surface area (Å²) < 4.78 is 0. The smallest absolute Gasteiger partial charge is 0.128 e. The van der Waals surface area contributed by atoms with Crippen molar-refractivity contribution in [3.05, 3.63) is 29.7 Å². The molecular weight excluding hydrogens is 508 g/mol. The third kappa shape index (κ3) is 21.7. The molecule has 0 N–H and O–H groups in total. The summed E-state index contributed by atoms with van der Waals surface area (Å²) in [6.07, 6.45) is 42.8. The van der Waals surface area contributed by atoms with Crippen LogP contribution in [0.15, 0.2) is 0 Å². The topological polar surface area (TPSA) is 25.8 Å². The number of nitrogens with zero attached hydrogens (tertiary/aromatic N) is 2. The SMILES string of the molecule is [CH2]CCc1nc(CCCCCCCCCCC)c(CCCCCCCCCCC)c(CCCCCCCCCCC)n1. The van der Waals surface area contributed by atoms with Crippen molar-refractivity contribution in [1.82, 2.24) is 9.97 Å². The first-order chi connectivity index (χ1) is 20.8. The summed E-state index contributed by atoms with van der Waals surface area (Å²) in [4.78, 5) is 10.4. The predicted molar refractivity (Wildman–Crippen MR) is 189 cm³/mol. The third-order valence-corrected chi connectivity index (χ3v) is 9.19. The van der Waals surface area contributed by atoms with E-state index >= 15 is 0 Å². The molecule has 0 aliphatic rings. The summed E-state index contributed by atoms with van der Waals surface area (Å²) in [6.45, 7) is 11.1. The van der Waals surface area contributed by atoms with Gasteiger partial charge >= 0.3 is 0 Å². The fourth-order valence-corrected chi connectivity index (χ4v) is 6.43. The Hall–Kier alpha value is -0.920. The van der Waals surface area contributed by atoms with E-state index in [1.807, 2.05) is 0 Å². The molecule has 1 rings (SSSR count). The first kappa shape index (κ1) is 39.1. The van der Waals surface area contributed by atoms with Gasteiger partial charge in [0.15, 0.2) is 0 Å². The van der Waals surface area contributed by atoms with Crippen LogP contribution in [0.1, 0.15) is 223 Å². The Kier molecular flexibility index (Phi) is 28.0. The van der Waals surface area contributed by atoms with Crippen LogP contribution in [-0.2, 0) is 25.7 Å². The zero-order valence-electron chi connectivity index (χ0n) is 29.2. The molecule has 1 aromatic heterocycles. The van der Waals surface area contributed by atoms with Gasteiger partial charge in [-0.2, -0.15) is 0 Å². The number of aromatic nitrogens is 2. The van der Waals surface area contributed by atoms with Crippen LogP contribution in [-0.4, -0.2) is 9.97 Å². The van der Waals surface area contributed by atoms with Crippen molar-refractivity contribution >= 4 is 0 Å². The number of hydrogen-bond acceptors (Lipinski definition) is 2. The van der Waals surface area contributed by atoms with E-state index in [0.29, 0.717) is 0 Å². The van der Waals surface area contributed by atoms with Crippen molar-refractivity contribution in [3.63, 3.8) is 0 Å². The Bertz CT molecular complexity index is 654. The molecular formula is C40H75N2. The molecule has 0 aromatic carbocycles. The number of hydrogen-bond donors (Lipinski definition) is 0. The van der Waals surface area contributed by atoms with Crippen LogP contribution in [0.5, 0.6) is 0 Å². The maximum atomic E-state index is 5.19. The molecule has 0 saturated carbocycles. The molecule has 0 aliphatic carbocycles. The summed E-state index contributed by atoms with van der Waals surface area (Å²) in [5.41, 5.74) is 4.36. The van der Waals surface area contributed by atoms with E-state index in [4.69, 9.17) is 9.97 Å². The van der Waals surface area contributed by atoms with E-state index in [1.54, 1.807) is 5.56 Å². The van der Waals surface area contributed by atoms with Crippen LogP contribution >= 0.6 is 0 Å².